The molecule has 1 aromatic carbocycles. The second kappa shape index (κ2) is 5.74. The highest BCUT2D eigenvalue weighted by atomic mass is 32.2. The Bertz CT molecular complexity index is 718. The van der Waals surface area contributed by atoms with E-state index in [0.29, 0.717) is 0 Å². The van der Waals surface area contributed by atoms with E-state index in [0.717, 1.165) is 12.2 Å². The van der Waals surface area contributed by atoms with E-state index in [1.54, 1.807) is 12.1 Å². The smallest absolute Gasteiger partial charge is 0.264 e. The maximum Gasteiger partial charge on any atom is 0.264 e. The van der Waals surface area contributed by atoms with Gasteiger partial charge in [-0.1, -0.05) is 0 Å². The molecule has 0 radical (unpaired) electrons. The fourth-order valence-electron chi connectivity index (χ4n) is 1.55. The monoisotopic (exact) mass is 294 g/mol. The van der Waals surface area contributed by atoms with Crippen molar-refractivity contribution >= 4 is 21.5 Å². The van der Waals surface area contributed by atoms with Gasteiger partial charge in [-0.2, -0.15) is 5.10 Å². The number of nitrogens with one attached hydrogen (secondary N) is 3. The van der Waals surface area contributed by atoms with Crippen molar-refractivity contribution < 1.29 is 8.42 Å². The van der Waals surface area contributed by atoms with Gasteiger partial charge >= 0.3 is 0 Å². The third-order valence-corrected chi connectivity index (χ3v) is 3.83. The zero-order valence-corrected chi connectivity index (χ0v) is 11.6. The molecule has 0 aliphatic heterocycles. The Labute approximate surface area is 116 Å². The highest BCUT2D eigenvalue weighted by Crippen LogP contribution is 2.16. The third kappa shape index (κ3) is 3.35. The molecule has 0 saturated heterocycles. The Morgan fingerprint density at radius 1 is 1.15 bits per heavy atom. The Kier molecular flexibility index (Phi) is 4.04. The molecule has 0 unspecified atom stereocenters. The number of rotatable bonds is 5. The molecule has 0 aliphatic carbocycles. The maximum atomic E-state index is 12.1. The number of nitrogens with zero attached hydrogens (tertiary/aromatic N) is 1. The number of hydrogen-bond acceptors (Lipinski definition) is 5. The van der Waals surface area contributed by atoms with E-state index >= 15 is 0 Å². The van der Waals surface area contributed by atoms with Crippen molar-refractivity contribution in [1.82, 2.24) is 10.2 Å². The van der Waals surface area contributed by atoms with Crippen molar-refractivity contribution in [3.05, 3.63) is 46.8 Å². The molecule has 0 fully saturated rings. The van der Waals surface area contributed by atoms with Crippen molar-refractivity contribution in [3.8, 4) is 0 Å². The topological polar surface area (TPSA) is 104 Å². The largest absolute Gasteiger partial charge is 0.385 e. The Balaban J connectivity index is 2.21. The summed E-state index contributed by atoms with van der Waals surface area (Å²) in [5, 5.41) is 8.83. The lowest BCUT2D eigenvalue weighted by atomic mass is 10.3. The Morgan fingerprint density at radius 3 is 2.40 bits per heavy atom. The van der Waals surface area contributed by atoms with Gasteiger partial charge in [-0.3, -0.25) is 9.52 Å². The summed E-state index contributed by atoms with van der Waals surface area (Å²) in [7, 11) is -3.72. The second-order valence-electron chi connectivity index (χ2n) is 3.97. The minimum Gasteiger partial charge on any atom is -0.385 e. The number of aromatic amines is 1. The van der Waals surface area contributed by atoms with Crippen LogP contribution >= 0.6 is 0 Å². The summed E-state index contributed by atoms with van der Waals surface area (Å²) < 4.78 is 26.5. The number of H-pyrrole nitrogens is 1. The zero-order chi connectivity index (χ0) is 14.6. The van der Waals surface area contributed by atoms with Crippen LogP contribution in [-0.4, -0.2) is 25.2 Å². The standard InChI is InChI=1S/C12H14N4O3S/c1-2-13-9-3-5-10(6-4-9)20(18,19)16-11-7-8-12(17)15-14-11/h3-8,13H,2H2,1H3,(H,14,16)(H,15,17). The molecule has 0 bridgehead atoms. The molecule has 0 aliphatic rings. The van der Waals surface area contributed by atoms with Crippen LogP contribution in [0.1, 0.15) is 6.92 Å². The van der Waals surface area contributed by atoms with Gasteiger partial charge in [-0.15, -0.1) is 0 Å². The quantitative estimate of drug-likeness (QED) is 0.763. The van der Waals surface area contributed by atoms with Crippen LogP contribution in [0.25, 0.3) is 0 Å². The third-order valence-electron chi connectivity index (χ3n) is 2.46. The van der Waals surface area contributed by atoms with Crippen molar-refractivity contribution in [1.29, 1.82) is 0 Å². The average Bonchev–Trinajstić information content (AvgIpc) is 2.42. The second-order valence-corrected chi connectivity index (χ2v) is 5.65. The minimum atomic E-state index is -3.72. The lowest BCUT2D eigenvalue weighted by Crippen LogP contribution is -2.16. The average molecular weight is 294 g/mol. The van der Waals surface area contributed by atoms with Gasteiger partial charge in [0.25, 0.3) is 15.6 Å². The molecule has 3 N–H and O–H groups in total. The van der Waals surface area contributed by atoms with E-state index < -0.39 is 15.6 Å². The molecule has 0 spiro atoms. The van der Waals surface area contributed by atoms with Crippen LogP contribution in [0.2, 0.25) is 0 Å². The number of hydrogen-bond donors (Lipinski definition) is 3. The van der Waals surface area contributed by atoms with Crippen LogP contribution in [0.15, 0.2) is 46.1 Å². The number of aromatic nitrogens is 2. The number of anilines is 2. The fourth-order valence-corrected chi connectivity index (χ4v) is 2.56. The van der Waals surface area contributed by atoms with Gasteiger partial charge in [-0.25, -0.2) is 13.5 Å². The van der Waals surface area contributed by atoms with E-state index in [-0.39, 0.29) is 10.7 Å². The molecule has 1 aromatic heterocycles. The first-order valence-corrected chi connectivity index (χ1v) is 7.42. The van der Waals surface area contributed by atoms with Crippen LogP contribution < -0.4 is 15.6 Å². The van der Waals surface area contributed by atoms with Crippen molar-refractivity contribution in [2.24, 2.45) is 0 Å². The van der Waals surface area contributed by atoms with E-state index in [4.69, 9.17) is 0 Å². The molecule has 0 amide bonds. The van der Waals surface area contributed by atoms with Gasteiger partial charge in [-0.05, 0) is 37.3 Å². The van der Waals surface area contributed by atoms with Crippen LogP contribution in [0.4, 0.5) is 11.5 Å². The molecular formula is C12H14N4O3S. The summed E-state index contributed by atoms with van der Waals surface area (Å²) in [5.41, 5.74) is 0.441. The molecule has 2 aromatic rings. The Morgan fingerprint density at radius 2 is 1.85 bits per heavy atom. The van der Waals surface area contributed by atoms with Gasteiger partial charge in [0.1, 0.15) is 0 Å². The Hall–Kier alpha value is -2.35. The molecule has 8 heteroatoms. The molecule has 1 heterocycles. The predicted octanol–water partition coefficient (Wildman–Crippen LogP) is 1.00. The summed E-state index contributed by atoms with van der Waals surface area (Å²) >= 11 is 0. The van der Waals surface area contributed by atoms with E-state index in [1.165, 1.54) is 24.3 Å². The van der Waals surface area contributed by atoms with Crippen molar-refractivity contribution in [2.75, 3.05) is 16.6 Å². The van der Waals surface area contributed by atoms with E-state index in [1.807, 2.05) is 6.92 Å². The van der Waals surface area contributed by atoms with Crippen molar-refractivity contribution in [3.63, 3.8) is 0 Å². The highest BCUT2D eigenvalue weighted by Gasteiger charge is 2.14. The van der Waals surface area contributed by atoms with Crippen LogP contribution in [0, 0.1) is 0 Å². The first kappa shape index (κ1) is 14.1. The molecule has 7 nitrogen and oxygen atoms in total. The van der Waals surface area contributed by atoms with Crippen LogP contribution in [0.5, 0.6) is 0 Å². The maximum absolute atomic E-state index is 12.1. The minimum absolute atomic E-state index is 0.0559. The summed E-state index contributed by atoms with van der Waals surface area (Å²) in [6, 6.07) is 8.83. The fraction of sp³-hybridized carbons (Fsp3) is 0.167. The predicted molar refractivity (Wildman–Crippen MR) is 76.3 cm³/mol. The molecule has 0 atom stereocenters. The first-order valence-electron chi connectivity index (χ1n) is 5.94. The highest BCUT2D eigenvalue weighted by molar-refractivity contribution is 7.92. The number of benzene rings is 1. The number of sulfonamides is 1. The van der Waals surface area contributed by atoms with Gasteiger partial charge in [0, 0.05) is 18.3 Å². The van der Waals surface area contributed by atoms with E-state index in [9.17, 15) is 13.2 Å². The van der Waals surface area contributed by atoms with Crippen LogP contribution in [0.3, 0.4) is 0 Å². The zero-order valence-electron chi connectivity index (χ0n) is 10.8. The molecule has 2 rings (SSSR count). The SMILES string of the molecule is CCNc1ccc(S(=O)(=O)Nc2ccc(=O)[nH]n2)cc1. The summed E-state index contributed by atoms with van der Waals surface area (Å²) in [5.74, 6) is 0.0559. The first-order chi connectivity index (χ1) is 9.51. The van der Waals surface area contributed by atoms with Gasteiger partial charge in [0.05, 0.1) is 4.90 Å². The van der Waals surface area contributed by atoms with Gasteiger partial charge < -0.3 is 5.32 Å². The summed E-state index contributed by atoms with van der Waals surface area (Å²) in [4.78, 5) is 11.0. The van der Waals surface area contributed by atoms with Crippen molar-refractivity contribution in [2.45, 2.75) is 11.8 Å². The van der Waals surface area contributed by atoms with Crippen LogP contribution in [-0.2, 0) is 10.0 Å². The summed E-state index contributed by atoms with van der Waals surface area (Å²) in [6.45, 7) is 2.71. The van der Waals surface area contributed by atoms with Gasteiger partial charge in [0.2, 0.25) is 0 Å². The normalized spacial score (nSPS) is 11.1. The molecule has 106 valence electrons. The molecule has 20 heavy (non-hydrogen) atoms. The molecular weight excluding hydrogens is 280 g/mol. The molecule has 0 saturated carbocycles. The van der Waals surface area contributed by atoms with E-state index in [2.05, 4.69) is 20.2 Å². The van der Waals surface area contributed by atoms with Gasteiger partial charge in [0.15, 0.2) is 5.82 Å². The lowest BCUT2D eigenvalue weighted by Gasteiger charge is -2.08. The lowest BCUT2D eigenvalue weighted by molar-refractivity contribution is 0.601. The summed E-state index contributed by atoms with van der Waals surface area (Å²) in [6.07, 6.45) is 0.